The molecule has 2 rings (SSSR count). The van der Waals surface area contributed by atoms with Crippen molar-refractivity contribution in [3.8, 4) is 0 Å². The molecule has 0 saturated carbocycles. The summed E-state index contributed by atoms with van der Waals surface area (Å²) in [7, 11) is 0. The molecule has 19 heavy (non-hydrogen) atoms. The van der Waals surface area contributed by atoms with Crippen molar-refractivity contribution < 1.29 is 17.7 Å². The number of alkyl halides is 3. The molecule has 1 aromatic carbocycles. The first-order valence-corrected chi connectivity index (χ1v) is 6.18. The summed E-state index contributed by atoms with van der Waals surface area (Å²) >= 11 is 3.03. The van der Waals surface area contributed by atoms with Crippen molar-refractivity contribution >= 4 is 21.6 Å². The quantitative estimate of drug-likeness (QED) is 0.905. The van der Waals surface area contributed by atoms with Crippen LogP contribution in [0.25, 0.3) is 0 Å². The van der Waals surface area contributed by atoms with Gasteiger partial charge in [0.05, 0.1) is 12.1 Å². The third-order valence-electron chi connectivity index (χ3n) is 2.42. The van der Waals surface area contributed by atoms with Gasteiger partial charge in [-0.25, -0.2) is 0 Å². The summed E-state index contributed by atoms with van der Waals surface area (Å²) in [5, 5.41) is 6.43. The molecule has 0 aliphatic heterocycles. The Morgan fingerprint density at radius 1 is 1.32 bits per heavy atom. The van der Waals surface area contributed by atoms with Crippen molar-refractivity contribution in [3.63, 3.8) is 0 Å². The largest absolute Gasteiger partial charge is 0.418 e. The molecule has 0 spiro atoms. The third-order valence-corrected chi connectivity index (χ3v) is 2.92. The standard InChI is InChI=1S/C12H10BrF3N2O/c1-7-4-9(18-19-7)6-17-11-3-2-8(13)5-10(11)12(14,15)16/h2-5,17H,6H2,1H3. The zero-order valence-corrected chi connectivity index (χ0v) is 11.5. The van der Waals surface area contributed by atoms with E-state index in [9.17, 15) is 13.2 Å². The number of halogens is 4. The molecular weight excluding hydrogens is 325 g/mol. The molecule has 0 aliphatic carbocycles. The van der Waals surface area contributed by atoms with Gasteiger partial charge in [-0.1, -0.05) is 21.1 Å². The maximum atomic E-state index is 12.9. The molecule has 3 nitrogen and oxygen atoms in total. The Bertz CT molecular complexity index is 581. The first-order chi connectivity index (χ1) is 8.86. The zero-order chi connectivity index (χ0) is 14.0. The molecule has 2 aromatic rings. The van der Waals surface area contributed by atoms with E-state index in [0.717, 1.165) is 6.07 Å². The van der Waals surface area contributed by atoms with Crippen LogP contribution in [0.15, 0.2) is 33.3 Å². The number of hydrogen-bond donors (Lipinski definition) is 1. The number of rotatable bonds is 3. The fourth-order valence-corrected chi connectivity index (χ4v) is 1.95. The predicted octanol–water partition coefficient (Wildman–Crippen LogP) is 4.38. The average molecular weight is 335 g/mol. The van der Waals surface area contributed by atoms with Crippen LogP contribution in [0, 0.1) is 6.92 Å². The second-order valence-corrected chi connectivity index (χ2v) is 4.89. The van der Waals surface area contributed by atoms with Gasteiger partial charge in [-0.05, 0) is 25.1 Å². The van der Waals surface area contributed by atoms with Gasteiger partial charge in [0.25, 0.3) is 0 Å². The van der Waals surface area contributed by atoms with E-state index in [2.05, 4.69) is 26.4 Å². The lowest BCUT2D eigenvalue weighted by molar-refractivity contribution is -0.137. The van der Waals surface area contributed by atoms with Crippen LogP contribution >= 0.6 is 15.9 Å². The van der Waals surface area contributed by atoms with Gasteiger partial charge >= 0.3 is 6.18 Å². The van der Waals surface area contributed by atoms with Crippen LogP contribution in [-0.2, 0) is 12.7 Å². The summed E-state index contributed by atoms with van der Waals surface area (Å²) in [4.78, 5) is 0. The minimum atomic E-state index is -4.41. The first-order valence-electron chi connectivity index (χ1n) is 5.39. The molecule has 0 bridgehead atoms. The predicted molar refractivity (Wildman–Crippen MR) is 67.7 cm³/mol. The van der Waals surface area contributed by atoms with Gasteiger partial charge in [0, 0.05) is 16.2 Å². The van der Waals surface area contributed by atoms with E-state index in [-0.39, 0.29) is 12.2 Å². The van der Waals surface area contributed by atoms with Gasteiger partial charge in [-0.2, -0.15) is 13.2 Å². The number of aromatic nitrogens is 1. The smallest absolute Gasteiger partial charge is 0.379 e. The summed E-state index contributed by atoms with van der Waals surface area (Å²) in [5.74, 6) is 0.614. The number of aryl methyl sites for hydroxylation is 1. The maximum Gasteiger partial charge on any atom is 0.418 e. The molecule has 1 aromatic heterocycles. The van der Waals surface area contributed by atoms with Gasteiger partial charge in [-0.15, -0.1) is 0 Å². The summed E-state index contributed by atoms with van der Waals surface area (Å²) in [5.41, 5.74) is -0.160. The number of nitrogens with one attached hydrogen (secondary N) is 1. The van der Waals surface area contributed by atoms with E-state index in [0.29, 0.717) is 15.9 Å². The van der Waals surface area contributed by atoms with Crippen LogP contribution in [0.2, 0.25) is 0 Å². The highest BCUT2D eigenvalue weighted by Gasteiger charge is 2.33. The highest BCUT2D eigenvalue weighted by Crippen LogP contribution is 2.36. The molecule has 0 fully saturated rings. The molecule has 0 unspecified atom stereocenters. The molecule has 0 saturated heterocycles. The van der Waals surface area contributed by atoms with Gasteiger partial charge in [0.1, 0.15) is 11.5 Å². The Labute approximate surface area is 115 Å². The number of hydrogen-bond acceptors (Lipinski definition) is 3. The second-order valence-electron chi connectivity index (χ2n) is 3.97. The monoisotopic (exact) mass is 334 g/mol. The molecule has 1 heterocycles. The van der Waals surface area contributed by atoms with E-state index in [1.165, 1.54) is 6.07 Å². The van der Waals surface area contributed by atoms with Crippen molar-refractivity contribution in [3.05, 3.63) is 45.8 Å². The summed E-state index contributed by atoms with van der Waals surface area (Å²) in [6.45, 7) is 1.89. The Balaban J connectivity index is 2.20. The lowest BCUT2D eigenvalue weighted by atomic mass is 10.1. The van der Waals surface area contributed by atoms with Gasteiger partial charge < -0.3 is 9.84 Å². The molecule has 0 atom stereocenters. The summed E-state index contributed by atoms with van der Waals surface area (Å²) < 4.78 is 43.8. The van der Waals surface area contributed by atoms with E-state index in [1.54, 1.807) is 19.1 Å². The average Bonchev–Trinajstić information content (AvgIpc) is 2.72. The van der Waals surface area contributed by atoms with E-state index >= 15 is 0 Å². The van der Waals surface area contributed by atoms with Crippen LogP contribution in [0.3, 0.4) is 0 Å². The van der Waals surface area contributed by atoms with Crippen molar-refractivity contribution in [2.24, 2.45) is 0 Å². The number of anilines is 1. The molecule has 0 radical (unpaired) electrons. The fourth-order valence-electron chi connectivity index (χ4n) is 1.59. The molecule has 0 aliphatic rings. The lowest BCUT2D eigenvalue weighted by Crippen LogP contribution is -2.11. The van der Waals surface area contributed by atoms with Crippen molar-refractivity contribution in [2.75, 3.05) is 5.32 Å². The zero-order valence-electron chi connectivity index (χ0n) is 9.88. The Morgan fingerprint density at radius 3 is 2.63 bits per heavy atom. The lowest BCUT2D eigenvalue weighted by Gasteiger charge is -2.14. The van der Waals surface area contributed by atoms with Gasteiger partial charge in [0.15, 0.2) is 0 Å². The molecule has 0 amide bonds. The van der Waals surface area contributed by atoms with E-state index in [1.807, 2.05) is 0 Å². The number of benzene rings is 1. The molecule has 7 heteroatoms. The molecular formula is C12H10BrF3N2O. The summed E-state index contributed by atoms with van der Waals surface area (Å²) in [6.07, 6.45) is -4.41. The highest BCUT2D eigenvalue weighted by molar-refractivity contribution is 9.10. The van der Waals surface area contributed by atoms with Gasteiger partial charge in [-0.3, -0.25) is 0 Å². The topological polar surface area (TPSA) is 38.1 Å². The van der Waals surface area contributed by atoms with E-state index < -0.39 is 11.7 Å². The van der Waals surface area contributed by atoms with Crippen LogP contribution in [0.5, 0.6) is 0 Å². The van der Waals surface area contributed by atoms with Crippen LogP contribution in [0.4, 0.5) is 18.9 Å². The summed E-state index contributed by atoms with van der Waals surface area (Å²) in [6, 6.07) is 5.63. The SMILES string of the molecule is Cc1cc(CNc2ccc(Br)cc2C(F)(F)F)no1. The molecule has 1 N–H and O–H groups in total. The second kappa shape index (κ2) is 5.24. The van der Waals surface area contributed by atoms with E-state index in [4.69, 9.17) is 4.52 Å². The van der Waals surface area contributed by atoms with Crippen molar-refractivity contribution in [1.29, 1.82) is 0 Å². The Morgan fingerprint density at radius 2 is 2.05 bits per heavy atom. The fraction of sp³-hybridized carbons (Fsp3) is 0.250. The van der Waals surface area contributed by atoms with Crippen molar-refractivity contribution in [1.82, 2.24) is 5.16 Å². The minimum absolute atomic E-state index is 0.0105. The Hall–Kier alpha value is -1.50. The van der Waals surface area contributed by atoms with Crippen LogP contribution in [-0.4, -0.2) is 5.16 Å². The maximum absolute atomic E-state index is 12.9. The minimum Gasteiger partial charge on any atom is -0.379 e. The third kappa shape index (κ3) is 3.50. The number of nitrogens with zero attached hydrogens (tertiary/aromatic N) is 1. The highest BCUT2D eigenvalue weighted by atomic mass is 79.9. The normalized spacial score (nSPS) is 11.6. The van der Waals surface area contributed by atoms with Gasteiger partial charge in [0.2, 0.25) is 0 Å². The first kappa shape index (κ1) is 13.9. The van der Waals surface area contributed by atoms with Crippen molar-refractivity contribution in [2.45, 2.75) is 19.6 Å². The Kier molecular flexibility index (Phi) is 3.84. The van der Waals surface area contributed by atoms with Crippen LogP contribution < -0.4 is 5.32 Å². The molecule has 102 valence electrons. The van der Waals surface area contributed by atoms with Crippen LogP contribution in [0.1, 0.15) is 17.0 Å².